The highest BCUT2D eigenvalue weighted by Gasteiger charge is 2.47. The second-order valence-corrected chi connectivity index (χ2v) is 10.2. The number of anilines is 1. The first-order chi connectivity index (χ1) is 16.4. The Morgan fingerprint density at radius 2 is 2.00 bits per heavy atom. The molecule has 1 saturated carbocycles. The molecule has 2 unspecified atom stereocenters. The van der Waals surface area contributed by atoms with Crippen LogP contribution in [0.2, 0.25) is 5.02 Å². The topological polar surface area (TPSA) is 96.0 Å². The number of nitriles is 2. The lowest BCUT2D eigenvalue weighted by Crippen LogP contribution is -2.56. The average molecular weight is 475 g/mol. The highest BCUT2D eigenvalue weighted by molar-refractivity contribution is 6.30. The predicted octanol–water partition coefficient (Wildman–Crippen LogP) is 3.57. The van der Waals surface area contributed by atoms with Gasteiger partial charge in [0, 0.05) is 48.9 Å². The Balaban J connectivity index is 1.20. The number of halogens is 1. The number of benzene rings is 1. The molecule has 0 radical (unpaired) electrons. The molecule has 174 valence electrons. The fraction of sp³-hybridized carbons (Fsp3) is 0.462. The maximum Gasteiger partial charge on any atom is 0.223 e. The summed E-state index contributed by atoms with van der Waals surface area (Å²) in [5.41, 5.74) is 1.97. The van der Waals surface area contributed by atoms with Gasteiger partial charge in [-0.25, -0.2) is 4.98 Å². The molecular formula is C26H27ClN6O. The summed E-state index contributed by atoms with van der Waals surface area (Å²) >= 11 is 6.20. The van der Waals surface area contributed by atoms with Crippen LogP contribution >= 0.6 is 11.6 Å². The van der Waals surface area contributed by atoms with Crippen molar-refractivity contribution in [3.05, 3.63) is 58.2 Å². The third kappa shape index (κ3) is 4.22. The molecule has 2 aliphatic heterocycles. The van der Waals surface area contributed by atoms with Crippen molar-refractivity contribution in [3.63, 3.8) is 0 Å². The van der Waals surface area contributed by atoms with Crippen molar-refractivity contribution >= 4 is 23.3 Å². The van der Waals surface area contributed by atoms with E-state index in [0.29, 0.717) is 48.1 Å². The van der Waals surface area contributed by atoms with Crippen molar-refractivity contribution in [2.75, 3.05) is 24.5 Å². The number of carbonyl (C=O) groups excluding carboxylic acids is 1. The molecule has 2 aromatic rings. The molecule has 3 heterocycles. The lowest BCUT2D eigenvalue weighted by molar-refractivity contribution is -0.132. The van der Waals surface area contributed by atoms with Gasteiger partial charge in [0.05, 0.1) is 23.2 Å². The Hall–Kier alpha value is -3.13. The standard InChI is InChI=1S/C26H27ClN6O/c1-17-8-22-15-32(16-23(17)33(22)24-3-2-18(12-28)14-30-24)25(34)4-7-31-26(5-6-26)20-9-19(13-29)10-21(27)11-20/h2-3,9-11,14,17,22-23,31H,4-8,15-16H2,1H3/t17-,22?,23?/m0/s1. The number of likely N-dealkylation sites (tertiary alicyclic amines) is 1. The molecule has 7 nitrogen and oxygen atoms in total. The molecule has 34 heavy (non-hydrogen) atoms. The van der Waals surface area contributed by atoms with Gasteiger partial charge < -0.3 is 15.1 Å². The van der Waals surface area contributed by atoms with E-state index in [1.54, 1.807) is 12.3 Å². The Morgan fingerprint density at radius 3 is 2.65 bits per heavy atom. The third-order valence-electron chi connectivity index (χ3n) is 7.52. The van der Waals surface area contributed by atoms with Crippen molar-refractivity contribution in [1.82, 2.24) is 15.2 Å². The first kappa shape index (κ1) is 22.7. The second kappa shape index (κ2) is 8.91. The zero-order chi connectivity index (χ0) is 23.9. The molecule has 1 N–H and O–H groups in total. The van der Waals surface area contributed by atoms with Crippen LogP contribution in [0.1, 0.15) is 49.3 Å². The Kier molecular flexibility index (Phi) is 5.93. The van der Waals surface area contributed by atoms with E-state index >= 15 is 0 Å². The molecule has 3 fully saturated rings. The Labute approximate surface area is 204 Å². The number of rotatable bonds is 6. The molecule has 2 bridgehead atoms. The number of hydrogen-bond acceptors (Lipinski definition) is 6. The molecule has 1 aliphatic carbocycles. The first-order valence-electron chi connectivity index (χ1n) is 11.8. The number of pyridine rings is 1. The molecule has 1 aromatic heterocycles. The Morgan fingerprint density at radius 1 is 1.21 bits per heavy atom. The van der Waals surface area contributed by atoms with Gasteiger partial charge in [-0.2, -0.15) is 10.5 Å². The summed E-state index contributed by atoms with van der Waals surface area (Å²) in [6.45, 7) is 4.24. The molecule has 2 saturated heterocycles. The van der Waals surface area contributed by atoms with Gasteiger partial charge in [0.2, 0.25) is 5.91 Å². The van der Waals surface area contributed by atoms with Gasteiger partial charge in [0.15, 0.2) is 0 Å². The molecular weight excluding hydrogens is 448 g/mol. The summed E-state index contributed by atoms with van der Waals surface area (Å²) in [5.74, 6) is 1.54. The average Bonchev–Trinajstić information content (AvgIpc) is 3.60. The smallest absolute Gasteiger partial charge is 0.223 e. The van der Waals surface area contributed by atoms with Crippen LogP contribution in [0.3, 0.4) is 0 Å². The van der Waals surface area contributed by atoms with Crippen LogP contribution in [-0.2, 0) is 10.3 Å². The molecule has 1 aromatic carbocycles. The van der Waals surface area contributed by atoms with E-state index < -0.39 is 0 Å². The molecule has 3 atom stereocenters. The molecule has 1 amide bonds. The normalized spacial score (nSPS) is 24.4. The van der Waals surface area contributed by atoms with Gasteiger partial charge in [-0.15, -0.1) is 0 Å². The van der Waals surface area contributed by atoms with E-state index in [9.17, 15) is 10.1 Å². The fourth-order valence-corrected chi connectivity index (χ4v) is 5.82. The number of amides is 1. The van der Waals surface area contributed by atoms with Crippen LogP contribution in [0, 0.1) is 28.6 Å². The number of carbonyl (C=O) groups is 1. The zero-order valence-corrected chi connectivity index (χ0v) is 19.9. The second-order valence-electron chi connectivity index (χ2n) is 9.76. The van der Waals surface area contributed by atoms with Crippen LogP contribution in [0.4, 0.5) is 5.82 Å². The number of hydrogen-bond donors (Lipinski definition) is 1. The van der Waals surface area contributed by atoms with Gasteiger partial charge in [-0.1, -0.05) is 18.5 Å². The number of aromatic nitrogens is 1. The van der Waals surface area contributed by atoms with Crippen molar-refractivity contribution in [2.45, 2.75) is 50.2 Å². The van der Waals surface area contributed by atoms with E-state index in [2.05, 4.69) is 34.3 Å². The van der Waals surface area contributed by atoms with E-state index in [0.717, 1.165) is 30.6 Å². The van der Waals surface area contributed by atoms with Crippen molar-refractivity contribution in [1.29, 1.82) is 10.5 Å². The SMILES string of the molecule is C[C@H]1CC2CN(C(=O)CCNC3(c4cc(Cl)cc(C#N)c4)CC3)CC1N2c1ccc(C#N)cn1. The summed E-state index contributed by atoms with van der Waals surface area (Å²) in [6.07, 6.45) is 5.05. The summed E-state index contributed by atoms with van der Waals surface area (Å²) in [7, 11) is 0. The maximum atomic E-state index is 13.1. The number of piperazine rings is 1. The summed E-state index contributed by atoms with van der Waals surface area (Å²) in [5, 5.41) is 22.4. The lowest BCUT2D eigenvalue weighted by Gasteiger charge is -2.42. The van der Waals surface area contributed by atoms with Crippen molar-refractivity contribution in [2.24, 2.45) is 5.92 Å². The van der Waals surface area contributed by atoms with Crippen molar-refractivity contribution < 1.29 is 4.79 Å². The van der Waals surface area contributed by atoms with Gasteiger partial charge in [-0.3, -0.25) is 4.79 Å². The van der Waals surface area contributed by atoms with Crippen LogP contribution in [0.15, 0.2) is 36.5 Å². The minimum atomic E-state index is -0.176. The van der Waals surface area contributed by atoms with Crippen LogP contribution < -0.4 is 10.2 Å². The largest absolute Gasteiger partial charge is 0.347 e. The van der Waals surface area contributed by atoms with Crippen LogP contribution in [0.5, 0.6) is 0 Å². The van der Waals surface area contributed by atoms with E-state index in [-0.39, 0.29) is 23.5 Å². The zero-order valence-electron chi connectivity index (χ0n) is 19.2. The van der Waals surface area contributed by atoms with Crippen LogP contribution in [-0.4, -0.2) is 47.5 Å². The molecule has 5 rings (SSSR count). The fourth-order valence-electron chi connectivity index (χ4n) is 5.59. The van der Waals surface area contributed by atoms with E-state index in [1.165, 1.54) is 0 Å². The molecule has 3 aliphatic rings. The lowest BCUT2D eigenvalue weighted by atomic mass is 10.0. The number of fused-ring (bicyclic) bond motifs is 2. The summed E-state index contributed by atoms with van der Waals surface area (Å²) in [6, 6.07) is 14.0. The van der Waals surface area contributed by atoms with Gasteiger partial charge in [-0.05, 0) is 61.1 Å². The van der Waals surface area contributed by atoms with Crippen LogP contribution in [0.25, 0.3) is 0 Å². The molecule has 8 heteroatoms. The number of nitrogens with one attached hydrogen (secondary N) is 1. The van der Waals surface area contributed by atoms with E-state index in [1.807, 2.05) is 29.2 Å². The quantitative estimate of drug-likeness (QED) is 0.687. The maximum absolute atomic E-state index is 13.1. The van der Waals surface area contributed by atoms with Crippen molar-refractivity contribution in [3.8, 4) is 12.1 Å². The summed E-state index contributed by atoms with van der Waals surface area (Å²) in [4.78, 5) is 22.0. The van der Waals surface area contributed by atoms with Gasteiger partial charge >= 0.3 is 0 Å². The minimum Gasteiger partial charge on any atom is -0.347 e. The minimum absolute atomic E-state index is 0.170. The third-order valence-corrected chi connectivity index (χ3v) is 7.73. The highest BCUT2D eigenvalue weighted by atomic mass is 35.5. The number of nitrogens with zero attached hydrogens (tertiary/aromatic N) is 5. The van der Waals surface area contributed by atoms with Gasteiger partial charge in [0.25, 0.3) is 0 Å². The summed E-state index contributed by atoms with van der Waals surface area (Å²) < 4.78 is 0. The van der Waals surface area contributed by atoms with E-state index in [4.69, 9.17) is 16.9 Å². The molecule has 0 spiro atoms. The first-order valence-corrected chi connectivity index (χ1v) is 12.2. The predicted molar refractivity (Wildman–Crippen MR) is 129 cm³/mol. The highest BCUT2D eigenvalue weighted by Crippen LogP contribution is 2.46. The van der Waals surface area contributed by atoms with Gasteiger partial charge in [0.1, 0.15) is 11.9 Å². The Bertz CT molecular complexity index is 1180. The monoisotopic (exact) mass is 474 g/mol.